The van der Waals surface area contributed by atoms with E-state index in [4.69, 9.17) is 19.6 Å². The van der Waals surface area contributed by atoms with Gasteiger partial charge in [-0.1, -0.05) is 24.3 Å². The third-order valence-electron chi connectivity index (χ3n) is 5.63. The van der Waals surface area contributed by atoms with Crippen LogP contribution in [0.15, 0.2) is 59.8 Å². The zero-order chi connectivity index (χ0) is 20.7. The van der Waals surface area contributed by atoms with Gasteiger partial charge in [0.2, 0.25) is 5.95 Å². The van der Waals surface area contributed by atoms with Crippen LogP contribution in [0.4, 0.5) is 5.95 Å². The molecule has 1 aromatic heterocycles. The van der Waals surface area contributed by atoms with Crippen LogP contribution >= 0.6 is 0 Å². The van der Waals surface area contributed by atoms with Gasteiger partial charge in [-0.2, -0.15) is 4.98 Å². The second-order valence-electron chi connectivity index (χ2n) is 7.41. The molecule has 1 aliphatic heterocycles. The fraction of sp³-hybridized carbons (Fsp3) is 0.261. The number of anilines is 1. The summed E-state index contributed by atoms with van der Waals surface area (Å²) >= 11 is 0. The van der Waals surface area contributed by atoms with Crippen molar-refractivity contribution >= 4 is 11.7 Å². The van der Waals surface area contributed by atoms with Crippen LogP contribution in [-0.2, 0) is 4.79 Å². The van der Waals surface area contributed by atoms with Gasteiger partial charge in [0.1, 0.15) is 17.5 Å². The summed E-state index contributed by atoms with van der Waals surface area (Å²) in [6, 6.07) is 15.1. The van der Waals surface area contributed by atoms with E-state index in [1.807, 2.05) is 53.2 Å². The number of carbonyl (C=O) groups is 1. The summed E-state index contributed by atoms with van der Waals surface area (Å²) in [6.45, 7) is 0. The van der Waals surface area contributed by atoms with Crippen LogP contribution in [0.25, 0.3) is 11.4 Å². The van der Waals surface area contributed by atoms with E-state index in [2.05, 4.69) is 5.32 Å². The van der Waals surface area contributed by atoms with Crippen molar-refractivity contribution in [3.63, 3.8) is 0 Å². The Bertz CT molecular complexity index is 1150. The zero-order valence-electron chi connectivity index (χ0n) is 16.9. The molecule has 7 nitrogen and oxygen atoms in total. The second kappa shape index (κ2) is 7.33. The number of aromatic nitrogens is 3. The number of fused-ring (bicyclic) bond motifs is 1. The van der Waals surface area contributed by atoms with E-state index in [9.17, 15) is 4.79 Å². The summed E-state index contributed by atoms with van der Waals surface area (Å²) in [4.78, 5) is 17.6. The molecule has 0 radical (unpaired) electrons. The van der Waals surface area contributed by atoms with Crippen molar-refractivity contribution in [1.82, 2.24) is 14.8 Å². The lowest BCUT2D eigenvalue weighted by molar-refractivity contribution is -0.116. The number of benzene rings is 2. The Hall–Kier alpha value is -3.61. The molecule has 3 aromatic rings. The number of nitrogens with one attached hydrogen (secondary N) is 1. The summed E-state index contributed by atoms with van der Waals surface area (Å²) in [6.07, 6.45) is 2.23. The molecule has 1 unspecified atom stereocenters. The second-order valence-corrected chi connectivity index (χ2v) is 7.41. The number of hydrogen-bond donors (Lipinski definition) is 1. The molecule has 0 amide bonds. The van der Waals surface area contributed by atoms with Gasteiger partial charge < -0.3 is 14.8 Å². The minimum Gasteiger partial charge on any atom is -0.497 e. The number of ether oxygens (including phenoxy) is 2. The molecule has 0 bridgehead atoms. The van der Waals surface area contributed by atoms with Gasteiger partial charge in [-0.05, 0) is 42.7 Å². The normalized spacial score (nSPS) is 17.8. The topological polar surface area (TPSA) is 78.3 Å². The molecule has 1 atom stereocenters. The van der Waals surface area contributed by atoms with Gasteiger partial charge in [0.05, 0.1) is 14.2 Å². The number of nitrogens with zero attached hydrogens (tertiary/aromatic N) is 3. The lowest BCUT2D eigenvalue weighted by Gasteiger charge is -2.32. The molecule has 2 heterocycles. The Morgan fingerprint density at radius 1 is 1.03 bits per heavy atom. The third kappa shape index (κ3) is 3.03. The lowest BCUT2D eigenvalue weighted by atomic mass is 9.85. The van der Waals surface area contributed by atoms with Crippen LogP contribution in [-0.4, -0.2) is 34.8 Å². The number of carbonyl (C=O) groups excluding carboxylic acids is 1. The van der Waals surface area contributed by atoms with Crippen molar-refractivity contribution in [3.05, 3.63) is 65.4 Å². The van der Waals surface area contributed by atoms with Crippen molar-refractivity contribution in [2.24, 2.45) is 0 Å². The monoisotopic (exact) mass is 402 g/mol. The average molecular weight is 402 g/mol. The molecule has 0 fully saturated rings. The molecule has 2 aliphatic rings. The molecular weight excluding hydrogens is 380 g/mol. The van der Waals surface area contributed by atoms with Gasteiger partial charge >= 0.3 is 0 Å². The maximum atomic E-state index is 12.9. The van der Waals surface area contributed by atoms with Crippen LogP contribution in [0.2, 0.25) is 0 Å². The van der Waals surface area contributed by atoms with E-state index >= 15 is 0 Å². The first-order chi connectivity index (χ1) is 14.7. The van der Waals surface area contributed by atoms with E-state index in [1.54, 1.807) is 14.2 Å². The number of allylic oxidation sites excluding steroid dienone is 2. The predicted octanol–water partition coefficient (Wildman–Crippen LogP) is 3.98. The largest absolute Gasteiger partial charge is 0.497 e. The lowest BCUT2D eigenvalue weighted by Crippen LogP contribution is -2.31. The van der Waals surface area contributed by atoms with Gasteiger partial charge in [-0.25, -0.2) is 4.68 Å². The highest BCUT2D eigenvalue weighted by atomic mass is 16.5. The van der Waals surface area contributed by atoms with E-state index in [0.717, 1.165) is 46.7 Å². The van der Waals surface area contributed by atoms with E-state index < -0.39 is 0 Å². The summed E-state index contributed by atoms with van der Waals surface area (Å²) in [5.74, 6) is 2.90. The third-order valence-corrected chi connectivity index (χ3v) is 5.63. The number of rotatable bonds is 4. The Morgan fingerprint density at radius 2 is 1.83 bits per heavy atom. The van der Waals surface area contributed by atoms with Crippen LogP contribution in [0.5, 0.6) is 11.5 Å². The highest BCUT2D eigenvalue weighted by Crippen LogP contribution is 2.41. The quantitative estimate of drug-likeness (QED) is 0.711. The molecule has 2 aromatic carbocycles. The molecule has 1 N–H and O–H groups in total. The summed E-state index contributed by atoms with van der Waals surface area (Å²) in [5, 5.41) is 8.15. The van der Waals surface area contributed by atoms with Crippen LogP contribution in [0, 0.1) is 0 Å². The molecule has 152 valence electrons. The van der Waals surface area contributed by atoms with Crippen LogP contribution in [0.1, 0.15) is 30.9 Å². The predicted molar refractivity (Wildman–Crippen MR) is 113 cm³/mol. The molecule has 30 heavy (non-hydrogen) atoms. The van der Waals surface area contributed by atoms with E-state index in [-0.39, 0.29) is 11.8 Å². The summed E-state index contributed by atoms with van der Waals surface area (Å²) in [7, 11) is 3.27. The molecule has 1 aliphatic carbocycles. The van der Waals surface area contributed by atoms with Gasteiger partial charge in [0, 0.05) is 23.3 Å². The standard InChI is InChI=1S/C23H22N4O3/c1-29-16-11-9-14(10-12-16)21-20-18(7-4-8-19(20)28)24-23-25-22(26-27(21)23)15-5-3-6-17(13-15)30-2/h3,5-6,9-13,21H,4,7-8H2,1-2H3,(H,24,25,26). The van der Waals surface area contributed by atoms with Gasteiger partial charge in [-0.3, -0.25) is 4.79 Å². The van der Waals surface area contributed by atoms with Crippen LogP contribution < -0.4 is 14.8 Å². The first-order valence-corrected chi connectivity index (χ1v) is 9.96. The fourth-order valence-electron chi connectivity index (χ4n) is 4.14. The number of hydrogen-bond acceptors (Lipinski definition) is 6. The minimum atomic E-state index is -0.318. The van der Waals surface area contributed by atoms with E-state index in [0.29, 0.717) is 18.2 Å². The van der Waals surface area contributed by atoms with Gasteiger partial charge in [0.25, 0.3) is 0 Å². The number of ketones is 1. The smallest absolute Gasteiger partial charge is 0.226 e. The van der Waals surface area contributed by atoms with Gasteiger partial charge in [-0.15, -0.1) is 5.10 Å². The minimum absolute atomic E-state index is 0.161. The zero-order valence-corrected chi connectivity index (χ0v) is 16.9. The van der Waals surface area contributed by atoms with Crippen LogP contribution in [0.3, 0.4) is 0 Å². The van der Waals surface area contributed by atoms with Crippen molar-refractivity contribution < 1.29 is 14.3 Å². The Labute approximate surface area is 174 Å². The molecular formula is C23H22N4O3. The highest BCUT2D eigenvalue weighted by Gasteiger charge is 2.36. The highest BCUT2D eigenvalue weighted by molar-refractivity contribution is 5.99. The molecule has 5 rings (SSSR count). The fourth-order valence-corrected chi connectivity index (χ4v) is 4.14. The molecule has 7 heteroatoms. The summed E-state index contributed by atoms with van der Waals surface area (Å²) in [5.41, 5.74) is 3.56. The number of methoxy groups -OCH3 is 2. The Kier molecular flexibility index (Phi) is 4.50. The van der Waals surface area contributed by atoms with Crippen molar-refractivity contribution in [2.75, 3.05) is 19.5 Å². The number of Topliss-reactive ketones (excluding diaryl/α,β-unsaturated/α-hetero) is 1. The first-order valence-electron chi connectivity index (χ1n) is 9.96. The van der Waals surface area contributed by atoms with Crippen molar-refractivity contribution in [2.45, 2.75) is 25.3 Å². The maximum absolute atomic E-state index is 12.9. The average Bonchev–Trinajstić information content (AvgIpc) is 3.22. The maximum Gasteiger partial charge on any atom is 0.226 e. The SMILES string of the molecule is COc1ccc(C2C3=C(CCCC3=O)Nc3nc(-c4cccc(OC)c4)nn32)cc1. The summed E-state index contributed by atoms with van der Waals surface area (Å²) < 4.78 is 12.5. The van der Waals surface area contributed by atoms with Crippen molar-refractivity contribution in [3.8, 4) is 22.9 Å². The molecule has 0 saturated carbocycles. The Balaban J connectivity index is 1.64. The van der Waals surface area contributed by atoms with E-state index in [1.165, 1.54) is 0 Å². The first kappa shape index (κ1) is 18.4. The molecule has 0 saturated heterocycles. The Morgan fingerprint density at radius 3 is 2.60 bits per heavy atom. The molecule has 0 spiro atoms. The van der Waals surface area contributed by atoms with Gasteiger partial charge in [0.15, 0.2) is 11.6 Å². The van der Waals surface area contributed by atoms with Crippen molar-refractivity contribution in [1.29, 1.82) is 0 Å².